The Balaban J connectivity index is 2.08. The molecule has 0 atom stereocenters. The first-order chi connectivity index (χ1) is 16.5. The number of nitrogens with one attached hydrogen (secondary N) is 1. The Morgan fingerprint density at radius 3 is 2.14 bits per heavy atom. The number of halogens is 3. The van der Waals surface area contributed by atoms with Crippen LogP contribution in [0.25, 0.3) is 0 Å². The molecule has 0 aromatic carbocycles. The van der Waals surface area contributed by atoms with E-state index in [9.17, 15) is 27.6 Å². The summed E-state index contributed by atoms with van der Waals surface area (Å²) >= 11 is 0. The fourth-order valence-electron chi connectivity index (χ4n) is 3.44. The van der Waals surface area contributed by atoms with Crippen molar-refractivity contribution in [1.82, 2.24) is 15.0 Å². The zero-order valence-electron chi connectivity index (χ0n) is 20.8. The molecule has 1 aliphatic rings. The number of pyridine rings is 1. The molecule has 36 heavy (non-hydrogen) atoms. The molecule has 0 saturated carbocycles. The third kappa shape index (κ3) is 6.32. The van der Waals surface area contributed by atoms with Crippen LogP contribution in [0.3, 0.4) is 0 Å². The molecule has 0 fully saturated rings. The van der Waals surface area contributed by atoms with Crippen LogP contribution < -0.4 is 15.4 Å². The van der Waals surface area contributed by atoms with Gasteiger partial charge in [-0.25, -0.2) is 19.6 Å². The van der Waals surface area contributed by atoms with Gasteiger partial charge in [0.2, 0.25) is 0 Å². The van der Waals surface area contributed by atoms with E-state index < -0.39 is 40.9 Å². The van der Waals surface area contributed by atoms with Crippen molar-refractivity contribution in [2.45, 2.75) is 71.9 Å². The molecule has 0 unspecified atom stereocenters. The lowest BCUT2D eigenvalue weighted by atomic mass is 10.1. The van der Waals surface area contributed by atoms with Crippen molar-refractivity contribution in [3.63, 3.8) is 0 Å². The number of aromatic amines is 1. The molecular formula is C23H28F3N5O5. The highest BCUT2D eigenvalue weighted by molar-refractivity contribution is 6.09. The van der Waals surface area contributed by atoms with Gasteiger partial charge in [0, 0.05) is 13.0 Å². The van der Waals surface area contributed by atoms with Crippen molar-refractivity contribution in [3.05, 3.63) is 45.8 Å². The standard InChI is InChI=1S/C23H28F3N5O5/c1-21(2,3)35-19(33)31(20(34)36-22(4,5)6)17-15(23(24,25)26)9-13(10-27-17)30-8-7-16-14(11-30)18(32)29-12-28-16/h9-10,12H,7-8,11H2,1-6H3,(H,28,29,32). The number of fused-ring (bicyclic) bond motifs is 1. The number of aromatic nitrogens is 3. The molecule has 1 N–H and O–H groups in total. The van der Waals surface area contributed by atoms with E-state index in [0.717, 1.165) is 12.3 Å². The molecule has 3 heterocycles. The Morgan fingerprint density at radius 2 is 1.61 bits per heavy atom. The summed E-state index contributed by atoms with van der Waals surface area (Å²) in [5, 5.41) is 0. The molecule has 13 heteroatoms. The van der Waals surface area contributed by atoms with E-state index in [1.807, 2.05) is 0 Å². The number of hydrogen-bond acceptors (Lipinski definition) is 8. The number of imide groups is 1. The summed E-state index contributed by atoms with van der Waals surface area (Å²) in [5.41, 5.74) is -3.00. The first-order valence-corrected chi connectivity index (χ1v) is 11.1. The van der Waals surface area contributed by atoms with Gasteiger partial charge in [0.25, 0.3) is 5.56 Å². The first kappa shape index (κ1) is 27.0. The number of ether oxygens (including phenoxy) is 2. The lowest BCUT2D eigenvalue weighted by Gasteiger charge is -2.31. The minimum absolute atomic E-state index is 0.0126. The molecule has 0 radical (unpaired) electrons. The van der Waals surface area contributed by atoms with Crippen LogP contribution in [-0.2, 0) is 28.6 Å². The van der Waals surface area contributed by atoms with Gasteiger partial charge < -0.3 is 19.4 Å². The molecule has 2 amide bonds. The van der Waals surface area contributed by atoms with Gasteiger partial charge in [0.1, 0.15) is 16.8 Å². The van der Waals surface area contributed by atoms with Crippen LogP contribution in [0.1, 0.15) is 58.4 Å². The molecule has 0 aliphatic carbocycles. The summed E-state index contributed by atoms with van der Waals surface area (Å²) in [6, 6.07) is 0.777. The fourth-order valence-corrected chi connectivity index (χ4v) is 3.44. The van der Waals surface area contributed by atoms with Crippen LogP contribution in [0.2, 0.25) is 0 Å². The minimum Gasteiger partial charge on any atom is -0.443 e. The maximum absolute atomic E-state index is 14.2. The molecule has 3 rings (SSSR count). The molecule has 1 aliphatic heterocycles. The number of nitrogens with zero attached hydrogens (tertiary/aromatic N) is 4. The lowest BCUT2D eigenvalue weighted by molar-refractivity contribution is -0.137. The average Bonchev–Trinajstić information content (AvgIpc) is 2.71. The lowest BCUT2D eigenvalue weighted by Crippen LogP contribution is -2.45. The van der Waals surface area contributed by atoms with Crippen molar-refractivity contribution < 1.29 is 32.2 Å². The third-order valence-electron chi connectivity index (χ3n) is 4.89. The number of anilines is 2. The molecular weight excluding hydrogens is 483 g/mol. The van der Waals surface area contributed by atoms with Gasteiger partial charge >= 0.3 is 18.4 Å². The SMILES string of the molecule is CC(C)(C)OC(=O)N(C(=O)OC(C)(C)C)c1ncc(N2CCc3nc[nH]c(=O)c3C2)cc1C(F)(F)F. The smallest absolute Gasteiger partial charge is 0.425 e. The van der Waals surface area contributed by atoms with Gasteiger partial charge in [-0.2, -0.15) is 18.1 Å². The summed E-state index contributed by atoms with van der Waals surface area (Å²) in [5.74, 6) is -0.980. The van der Waals surface area contributed by atoms with Gasteiger partial charge in [0.15, 0.2) is 5.82 Å². The summed E-state index contributed by atoms with van der Waals surface area (Å²) in [7, 11) is 0. The molecule has 0 spiro atoms. The summed E-state index contributed by atoms with van der Waals surface area (Å²) in [6.45, 7) is 9.32. The van der Waals surface area contributed by atoms with Gasteiger partial charge in [-0.1, -0.05) is 0 Å². The summed E-state index contributed by atoms with van der Waals surface area (Å²) in [6.07, 6.45) is -5.02. The van der Waals surface area contributed by atoms with Crippen LogP contribution in [0.4, 0.5) is 34.3 Å². The quantitative estimate of drug-likeness (QED) is 0.630. The van der Waals surface area contributed by atoms with Gasteiger partial charge in [-0.3, -0.25) is 4.79 Å². The predicted octanol–water partition coefficient (Wildman–Crippen LogP) is 4.42. The highest BCUT2D eigenvalue weighted by Gasteiger charge is 2.42. The van der Waals surface area contributed by atoms with Crippen molar-refractivity contribution in [3.8, 4) is 0 Å². The van der Waals surface area contributed by atoms with Crippen LogP contribution in [-0.4, -0.2) is 44.9 Å². The van der Waals surface area contributed by atoms with E-state index in [4.69, 9.17) is 9.47 Å². The van der Waals surface area contributed by atoms with E-state index in [2.05, 4.69) is 15.0 Å². The average molecular weight is 512 g/mol. The number of rotatable bonds is 2. The second-order valence-electron chi connectivity index (χ2n) is 10.2. The van der Waals surface area contributed by atoms with E-state index in [0.29, 0.717) is 17.7 Å². The number of amides is 2. The third-order valence-corrected chi connectivity index (χ3v) is 4.89. The van der Waals surface area contributed by atoms with E-state index >= 15 is 0 Å². The Labute approximate surface area is 205 Å². The Kier molecular flexibility index (Phi) is 7.06. The monoisotopic (exact) mass is 511 g/mol. The van der Waals surface area contributed by atoms with Crippen LogP contribution in [0, 0.1) is 0 Å². The summed E-state index contributed by atoms with van der Waals surface area (Å²) in [4.78, 5) is 50.0. The first-order valence-electron chi connectivity index (χ1n) is 11.1. The largest absolute Gasteiger partial charge is 0.443 e. The van der Waals surface area contributed by atoms with E-state index in [1.54, 1.807) is 0 Å². The van der Waals surface area contributed by atoms with Crippen LogP contribution in [0.15, 0.2) is 23.4 Å². The van der Waals surface area contributed by atoms with Gasteiger partial charge in [-0.15, -0.1) is 0 Å². The molecule has 2 aromatic heterocycles. The highest BCUT2D eigenvalue weighted by Crippen LogP contribution is 2.39. The molecule has 0 bridgehead atoms. The normalized spacial score (nSPS) is 14.2. The number of carbonyl (C=O) groups is 2. The molecule has 0 saturated heterocycles. The highest BCUT2D eigenvalue weighted by atomic mass is 19.4. The number of hydrogen-bond donors (Lipinski definition) is 1. The number of alkyl halides is 3. The van der Waals surface area contributed by atoms with E-state index in [1.165, 1.54) is 52.8 Å². The molecule has 2 aromatic rings. The fraction of sp³-hybridized carbons (Fsp3) is 0.522. The van der Waals surface area contributed by atoms with Gasteiger partial charge in [-0.05, 0) is 47.6 Å². The minimum atomic E-state index is -4.99. The maximum Gasteiger partial charge on any atom is 0.425 e. The zero-order valence-corrected chi connectivity index (χ0v) is 20.8. The van der Waals surface area contributed by atoms with Crippen LogP contribution in [0.5, 0.6) is 0 Å². The van der Waals surface area contributed by atoms with Crippen molar-refractivity contribution >= 4 is 23.7 Å². The zero-order chi connectivity index (χ0) is 27.1. The van der Waals surface area contributed by atoms with Crippen molar-refractivity contribution in [2.75, 3.05) is 16.3 Å². The van der Waals surface area contributed by atoms with Crippen LogP contribution >= 0.6 is 0 Å². The second kappa shape index (κ2) is 9.43. The van der Waals surface area contributed by atoms with Crippen molar-refractivity contribution in [2.24, 2.45) is 0 Å². The molecule has 196 valence electrons. The Bertz CT molecular complexity index is 1190. The predicted molar refractivity (Wildman–Crippen MR) is 124 cm³/mol. The van der Waals surface area contributed by atoms with E-state index in [-0.39, 0.29) is 29.2 Å². The number of carbonyl (C=O) groups excluding carboxylic acids is 2. The van der Waals surface area contributed by atoms with Gasteiger partial charge in [0.05, 0.1) is 36.0 Å². The Morgan fingerprint density at radius 1 is 1.03 bits per heavy atom. The maximum atomic E-state index is 14.2. The number of H-pyrrole nitrogens is 1. The molecule has 10 nitrogen and oxygen atoms in total. The van der Waals surface area contributed by atoms with Crippen molar-refractivity contribution in [1.29, 1.82) is 0 Å². The summed E-state index contributed by atoms with van der Waals surface area (Å²) < 4.78 is 53.0. The topological polar surface area (TPSA) is 118 Å². The second-order valence-corrected chi connectivity index (χ2v) is 10.2. The Hall–Kier alpha value is -3.64.